The number of benzene rings is 1. The van der Waals surface area contributed by atoms with Gasteiger partial charge in [-0.2, -0.15) is 5.10 Å². The summed E-state index contributed by atoms with van der Waals surface area (Å²) in [6.07, 6.45) is 0.558. The van der Waals surface area contributed by atoms with Gasteiger partial charge in [0, 0.05) is 17.3 Å². The van der Waals surface area contributed by atoms with Crippen molar-refractivity contribution in [2.24, 2.45) is 0 Å². The van der Waals surface area contributed by atoms with Crippen LogP contribution in [0.25, 0.3) is 0 Å². The standard InChI is InChI=1S/C24H30N4O6S2/c1-7-14(2)27-36(32,33)19-13-16(25-21(29)18-9-8-12-35-18)10-11-17(19)34-22-15(3)20(23(30)31)26-28(22)24(4,5)6/h8-14,27H,7H2,1-6H3,(H,25,29)(H,30,31)/t14-/m0/s1. The van der Waals surface area contributed by atoms with Gasteiger partial charge >= 0.3 is 5.97 Å². The van der Waals surface area contributed by atoms with Crippen molar-refractivity contribution in [2.75, 3.05) is 5.32 Å². The molecule has 0 aliphatic rings. The maximum absolute atomic E-state index is 13.3. The molecule has 0 saturated carbocycles. The minimum absolute atomic E-state index is 0.0367. The molecule has 3 aromatic rings. The number of aromatic carboxylic acids is 1. The van der Waals surface area contributed by atoms with Crippen LogP contribution in [-0.2, 0) is 15.6 Å². The zero-order chi connectivity index (χ0) is 26.8. The van der Waals surface area contributed by atoms with Crippen molar-refractivity contribution in [3.63, 3.8) is 0 Å². The lowest BCUT2D eigenvalue weighted by molar-refractivity contribution is 0.0687. The van der Waals surface area contributed by atoms with E-state index >= 15 is 0 Å². The first kappa shape index (κ1) is 27.4. The molecule has 1 atom stereocenters. The molecule has 194 valence electrons. The molecule has 3 N–H and O–H groups in total. The monoisotopic (exact) mass is 534 g/mol. The molecule has 0 unspecified atom stereocenters. The zero-order valence-electron chi connectivity index (χ0n) is 20.9. The first-order valence-electron chi connectivity index (χ1n) is 11.3. The number of thiophene rings is 1. The largest absolute Gasteiger partial charge is 0.476 e. The Hall–Kier alpha value is -3.22. The van der Waals surface area contributed by atoms with E-state index in [-0.39, 0.29) is 45.4 Å². The van der Waals surface area contributed by atoms with Gasteiger partial charge in [-0.05, 0) is 70.7 Å². The van der Waals surface area contributed by atoms with Crippen molar-refractivity contribution in [3.05, 3.63) is 51.8 Å². The van der Waals surface area contributed by atoms with Gasteiger partial charge in [0.25, 0.3) is 5.91 Å². The topological polar surface area (TPSA) is 140 Å². The molecule has 0 aliphatic carbocycles. The van der Waals surface area contributed by atoms with E-state index < -0.39 is 21.5 Å². The van der Waals surface area contributed by atoms with Gasteiger partial charge < -0.3 is 15.2 Å². The average molecular weight is 535 g/mol. The molecule has 2 aromatic heterocycles. The van der Waals surface area contributed by atoms with Crippen molar-refractivity contribution >= 4 is 38.9 Å². The number of sulfonamides is 1. The Labute approximate surface area is 214 Å². The fourth-order valence-electron chi connectivity index (χ4n) is 3.25. The molecule has 0 aliphatic heterocycles. The van der Waals surface area contributed by atoms with E-state index in [2.05, 4.69) is 15.1 Å². The molecule has 3 rings (SSSR count). The number of carboxylic acids is 1. The Morgan fingerprint density at radius 1 is 1.25 bits per heavy atom. The van der Waals surface area contributed by atoms with Crippen LogP contribution < -0.4 is 14.8 Å². The summed E-state index contributed by atoms with van der Waals surface area (Å²) in [5.74, 6) is -1.52. The number of rotatable bonds is 9. The Bertz CT molecular complexity index is 1370. The van der Waals surface area contributed by atoms with Crippen molar-refractivity contribution in [3.8, 4) is 11.6 Å². The normalized spacial score (nSPS) is 12.8. The maximum atomic E-state index is 13.3. The first-order valence-corrected chi connectivity index (χ1v) is 13.6. The minimum Gasteiger partial charge on any atom is -0.476 e. The number of hydrogen-bond acceptors (Lipinski definition) is 7. The second-order valence-electron chi connectivity index (χ2n) is 9.29. The fraction of sp³-hybridized carbons (Fsp3) is 0.375. The van der Waals surface area contributed by atoms with Crippen LogP contribution in [-0.4, -0.2) is 41.2 Å². The molecule has 10 nitrogen and oxygen atoms in total. The Morgan fingerprint density at radius 2 is 1.94 bits per heavy atom. The second-order valence-corrected chi connectivity index (χ2v) is 11.9. The van der Waals surface area contributed by atoms with Gasteiger partial charge in [-0.15, -0.1) is 11.3 Å². The van der Waals surface area contributed by atoms with E-state index in [0.717, 1.165) is 0 Å². The number of carboxylic acid groups (broad SMARTS) is 1. The molecule has 36 heavy (non-hydrogen) atoms. The number of aromatic nitrogens is 2. The molecule has 0 spiro atoms. The molecular formula is C24H30N4O6S2. The van der Waals surface area contributed by atoms with Crippen molar-refractivity contribution in [1.29, 1.82) is 0 Å². The lowest BCUT2D eigenvalue weighted by Crippen LogP contribution is -2.32. The summed E-state index contributed by atoms with van der Waals surface area (Å²) in [5, 5.41) is 18.2. The summed E-state index contributed by atoms with van der Waals surface area (Å²) in [6.45, 7) is 10.6. The van der Waals surface area contributed by atoms with E-state index in [0.29, 0.717) is 11.3 Å². The maximum Gasteiger partial charge on any atom is 0.356 e. The highest BCUT2D eigenvalue weighted by atomic mass is 32.2. The number of nitrogens with one attached hydrogen (secondary N) is 2. The second kappa shape index (κ2) is 10.4. The molecule has 2 heterocycles. The van der Waals surface area contributed by atoms with Crippen molar-refractivity contribution in [2.45, 2.75) is 64.4 Å². The van der Waals surface area contributed by atoms with Crippen molar-refractivity contribution < 1.29 is 27.9 Å². The lowest BCUT2D eigenvalue weighted by Gasteiger charge is -2.23. The smallest absolute Gasteiger partial charge is 0.356 e. The van der Waals surface area contributed by atoms with Crippen molar-refractivity contribution in [1.82, 2.24) is 14.5 Å². The average Bonchev–Trinajstić information content (AvgIpc) is 3.43. The van der Waals surface area contributed by atoms with E-state index in [1.54, 1.807) is 31.4 Å². The van der Waals surface area contributed by atoms with Gasteiger partial charge in [-0.1, -0.05) is 13.0 Å². The van der Waals surface area contributed by atoms with Gasteiger partial charge in [0.05, 0.1) is 10.4 Å². The molecule has 1 aromatic carbocycles. The summed E-state index contributed by atoms with van der Waals surface area (Å²) in [5.41, 5.74) is -0.332. The van der Waals surface area contributed by atoms with Crippen LogP contribution in [0.2, 0.25) is 0 Å². The van der Waals surface area contributed by atoms with Crippen LogP contribution >= 0.6 is 11.3 Å². The predicted molar refractivity (Wildman–Crippen MR) is 138 cm³/mol. The number of ether oxygens (including phenoxy) is 1. The molecule has 12 heteroatoms. The van der Waals surface area contributed by atoms with E-state index in [1.807, 2.05) is 27.7 Å². The molecule has 0 saturated heterocycles. The Balaban J connectivity index is 2.12. The van der Waals surface area contributed by atoms with Crippen LogP contribution in [0, 0.1) is 6.92 Å². The SMILES string of the molecule is CC[C@H](C)NS(=O)(=O)c1cc(NC(=O)c2cccs2)ccc1Oc1c(C)c(C(=O)O)nn1C(C)(C)C. The number of nitrogens with zero attached hydrogens (tertiary/aromatic N) is 2. The highest BCUT2D eigenvalue weighted by molar-refractivity contribution is 7.89. The number of carbonyl (C=O) groups excluding carboxylic acids is 1. The summed E-state index contributed by atoms with van der Waals surface area (Å²) in [7, 11) is -4.07. The van der Waals surface area contributed by atoms with E-state index in [4.69, 9.17) is 4.74 Å². The van der Waals surface area contributed by atoms with Gasteiger partial charge in [0.15, 0.2) is 5.69 Å². The third-order valence-electron chi connectivity index (χ3n) is 5.32. The summed E-state index contributed by atoms with van der Waals surface area (Å²) >= 11 is 1.26. The lowest BCUT2D eigenvalue weighted by atomic mass is 10.1. The van der Waals surface area contributed by atoms with Crippen LogP contribution in [0.4, 0.5) is 5.69 Å². The number of amides is 1. The third kappa shape index (κ3) is 5.94. The van der Waals surface area contributed by atoms with Gasteiger partial charge in [0.2, 0.25) is 15.9 Å². The van der Waals surface area contributed by atoms with Gasteiger partial charge in [-0.3, -0.25) is 4.79 Å². The quantitative estimate of drug-likeness (QED) is 0.357. The number of hydrogen-bond donors (Lipinski definition) is 3. The minimum atomic E-state index is -4.07. The van der Waals surface area contributed by atoms with Gasteiger partial charge in [-0.25, -0.2) is 22.6 Å². The van der Waals surface area contributed by atoms with E-state index in [1.165, 1.54) is 34.2 Å². The molecule has 0 bridgehead atoms. The molecule has 0 fully saturated rings. The Morgan fingerprint density at radius 3 is 2.50 bits per heavy atom. The van der Waals surface area contributed by atoms with Crippen LogP contribution in [0.3, 0.4) is 0 Å². The molecular weight excluding hydrogens is 504 g/mol. The van der Waals surface area contributed by atoms with Crippen LogP contribution in [0.15, 0.2) is 40.6 Å². The third-order valence-corrected chi connectivity index (χ3v) is 7.80. The summed E-state index contributed by atoms with van der Waals surface area (Å²) < 4.78 is 36.8. The van der Waals surface area contributed by atoms with E-state index in [9.17, 15) is 23.1 Å². The molecule has 1 amide bonds. The van der Waals surface area contributed by atoms with Crippen LogP contribution in [0.5, 0.6) is 11.6 Å². The van der Waals surface area contributed by atoms with Crippen LogP contribution in [0.1, 0.15) is 66.8 Å². The number of anilines is 1. The summed E-state index contributed by atoms with van der Waals surface area (Å²) in [4.78, 5) is 24.5. The number of carbonyl (C=O) groups is 2. The first-order chi connectivity index (χ1) is 16.7. The highest BCUT2D eigenvalue weighted by Gasteiger charge is 2.30. The summed E-state index contributed by atoms with van der Waals surface area (Å²) in [6, 6.07) is 7.32. The van der Waals surface area contributed by atoms with Gasteiger partial charge in [0.1, 0.15) is 10.6 Å². The fourth-order valence-corrected chi connectivity index (χ4v) is 5.35. The highest BCUT2D eigenvalue weighted by Crippen LogP contribution is 2.36. The Kier molecular flexibility index (Phi) is 7.91. The zero-order valence-corrected chi connectivity index (χ0v) is 22.6. The molecule has 0 radical (unpaired) electrons. The predicted octanol–water partition coefficient (Wildman–Crippen LogP) is 4.83.